The maximum atomic E-state index is 11.7. The number of carbonyl (C=O) groups is 1. The molecule has 0 amide bonds. The first-order valence-corrected chi connectivity index (χ1v) is 7.61. The monoisotopic (exact) mass is 314 g/mol. The fourth-order valence-electron chi connectivity index (χ4n) is 2.98. The summed E-state index contributed by atoms with van der Waals surface area (Å²) in [5.74, 6) is -0.944. The molecule has 1 aliphatic carbocycles. The molecule has 0 radical (unpaired) electrons. The van der Waals surface area contributed by atoms with Gasteiger partial charge in [-0.1, -0.05) is 66.7 Å². The molecule has 1 aliphatic heterocycles. The van der Waals surface area contributed by atoms with E-state index in [1.54, 1.807) is 6.07 Å². The summed E-state index contributed by atoms with van der Waals surface area (Å²) in [6.07, 6.45) is 0. The maximum absolute atomic E-state index is 11.7. The molecule has 2 N–H and O–H groups in total. The van der Waals surface area contributed by atoms with Crippen molar-refractivity contribution in [1.29, 1.82) is 0 Å². The highest BCUT2D eigenvalue weighted by molar-refractivity contribution is 6.04. The molecular weight excluding hydrogens is 300 g/mol. The fourth-order valence-corrected chi connectivity index (χ4v) is 2.98. The number of H-pyrrole nitrogens is 1. The van der Waals surface area contributed by atoms with Crippen molar-refractivity contribution in [3.63, 3.8) is 0 Å². The Morgan fingerprint density at radius 2 is 1.46 bits per heavy atom. The molecule has 2 aromatic rings. The van der Waals surface area contributed by atoms with Crippen molar-refractivity contribution < 1.29 is 9.90 Å². The van der Waals surface area contributed by atoms with Crippen LogP contribution >= 0.6 is 0 Å². The van der Waals surface area contributed by atoms with E-state index in [4.69, 9.17) is 0 Å². The van der Waals surface area contributed by atoms with Crippen LogP contribution in [0.2, 0.25) is 0 Å². The number of carboxylic acids is 1. The van der Waals surface area contributed by atoms with E-state index < -0.39 is 5.97 Å². The number of benzene rings is 2. The van der Waals surface area contributed by atoms with Crippen LogP contribution in [0.5, 0.6) is 0 Å². The number of fused-ring (bicyclic) bond motifs is 1. The molecule has 116 valence electrons. The number of hydrogen-bond acceptors (Lipinski definition) is 2. The van der Waals surface area contributed by atoms with E-state index in [2.05, 4.69) is 10.2 Å². The lowest BCUT2D eigenvalue weighted by molar-refractivity contribution is 0.0698. The average molecular weight is 314 g/mol. The van der Waals surface area contributed by atoms with Gasteiger partial charge in [0.25, 0.3) is 0 Å². The molecule has 0 atom stereocenters. The highest BCUT2D eigenvalue weighted by Crippen LogP contribution is 2.40. The van der Waals surface area contributed by atoms with Crippen LogP contribution in [0.4, 0.5) is 0 Å². The predicted molar refractivity (Wildman–Crippen MR) is 93.0 cm³/mol. The van der Waals surface area contributed by atoms with Gasteiger partial charge in [0.15, 0.2) is 0 Å². The Kier molecular flexibility index (Phi) is 3.35. The van der Waals surface area contributed by atoms with Crippen molar-refractivity contribution in [2.24, 2.45) is 0 Å². The zero-order valence-electron chi connectivity index (χ0n) is 12.7. The molecule has 24 heavy (non-hydrogen) atoms. The second-order valence-electron chi connectivity index (χ2n) is 5.52. The van der Waals surface area contributed by atoms with Crippen molar-refractivity contribution >= 4 is 5.97 Å². The van der Waals surface area contributed by atoms with E-state index in [0.29, 0.717) is 11.3 Å². The largest absolute Gasteiger partial charge is 0.478 e. The van der Waals surface area contributed by atoms with Gasteiger partial charge >= 0.3 is 5.97 Å². The van der Waals surface area contributed by atoms with Crippen LogP contribution < -0.4 is 0 Å². The topological polar surface area (TPSA) is 66.0 Å². The number of rotatable bonds is 3. The third-order valence-corrected chi connectivity index (χ3v) is 4.08. The molecule has 0 spiro atoms. The summed E-state index contributed by atoms with van der Waals surface area (Å²) < 4.78 is 0. The molecule has 2 aliphatic rings. The van der Waals surface area contributed by atoms with Crippen LogP contribution in [0.1, 0.15) is 10.4 Å². The molecular formula is C20H14N2O2. The van der Waals surface area contributed by atoms with Crippen molar-refractivity contribution in [3.05, 3.63) is 78.4 Å². The highest BCUT2D eigenvalue weighted by atomic mass is 16.4. The number of aromatic nitrogens is 2. The molecule has 0 saturated heterocycles. The number of aromatic carboxylic acids is 1. The number of nitrogens with one attached hydrogen (secondary N) is 1. The minimum absolute atomic E-state index is 0.277. The van der Waals surface area contributed by atoms with Crippen molar-refractivity contribution in [1.82, 2.24) is 10.2 Å². The molecule has 0 bridgehead atoms. The van der Waals surface area contributed by atoms with Gasteiger partial charge < -0.3 is 5.11 Å². The second kappa shape index (κ2) is 5.66. The van der Waals surface area contributed by atoms with E-state index >= 15 is 0 Å². The van der Waals surface area contributed by atoms with Crippen LogP contribution in [0, 0.1) is 0 Å². The summed E-state index contributed by atoms with van der Waals surface area (Å²) in [7, 11) is 0. The molecule has 0 saturated carbocycles. The van der Waals surface area contributed by atoms with Gasteiger partial charge in [0.05, 0.1) is 17.0 Å². The molecule has 4 rings (SSSR count). The normalized spacial score (nSPS) is 10.8. The van der Waals surface area contributed by atoms with E-state index in [-0.39, 0.29) is 5.56 Å². The molecule has 4 heteroatoms. The minimum atomic E-state index is -0.944. The quantitative estimate of drug-likeness (QED) is 0.583. The highest BCUT2D eigenvalue weighted by Gasteiger charge is 2.24. The lowest BCUT2D eigenvalue weighted by Crippen LogP contribution is -2.02. The maximum Gasteiger partial charge on any atom is 0.336 e. The summed E-state index contributed by atoms with van der Waals surface area (Å²) in [4.78, 5) is 11.7. The van der Waals surface area contributed by atoms with E-state index in [9.17, 15) is 9.90 Å². The molecule has 0 fully saturated rings. The Labute approximate surface area is 138 Å². The predicted octanol–water partition coefficient (Wildman–Crippen LogP) is 4.55. The third-order valence-electron chi connectivity index (χ3n) is 4.08. The molecule has 0 unspecified atom stereocenters. The zero-order valence-corrected chi connectivity index (χ0v) is 12.7. The SMILES string of the molecule is O=C(O)c1ccc2c(-c3ccccc3)n[nH]c(-c3ccccc3)c1-2. The Balaban J connectivity index is 2.01. The third kappa shape index (κ3) is 2.25. The van der Waals surface area contributed by atoms with Gasteiger partial charge in [0.2, 0.25) is 0 Å². The summed E-state index contributed by atoms with van der Waals surface area (Å²) in [5.41, 5.74) is 5.10. The standard InChI is InChI=1S/C20H14N2O2/c23-20(24)16-12-11-15-17(16)19(14-9-5-2-6-10-14)22-21-18(15)13-7-3-1-4-8-13/h1-12,22H,(H,23,24). The first-order chi connectivity index (χ1) is 11.8. The van der Waals surface area contributed by atoms with Crippen LogP contribution in [-0.4, -0.2) is 21.3 Å². The Morgan fingerprint density at radius 1 is 0.833 bits per heavy atom. The fraction of sp³-hybridized carbons (Fsp3) is 0. The van der Waals surface area contributed by atoms with Crippen molar-refractivity contribution in [2.45, 2.75) is 0 Å². The Morgan fingerprint density at radius 3 is 2.08 bits per heavy atom. The van der Waals surface area contributed by atoms with E-state index in [0.717, 1.165) is 22.4 Å². The van der Waals surface area contributed by atoms with Gasteiger partial charge in [0, 0.05) is 22.3 Å². The lowest BCUT2D eigenvalue weighted by atomic mass is 9.96. The number of aromatic amines is 1. The first-order valence-electron chi connectivity index (χ1n) is 7.61. The zero-order chi connectivity index (χ0) is 16.5. The van der Waals surface area contributed by atoms with Crippen LogP contribution in [0.25, 0.3) is 33.6 Å². The van der Waals surface area contributed by atoms with Gasteiger partial charge in [0.1, 0.15) is 0 Å². The Bertz CT molecular complexity index is 975. The molecule has 2 aromatic carbocycles. The average Bonchev–Trinajstić information content (AvgIpc) is 3.08. The van der Waals surface area contributed by atoms with Crippen LogP contribution in [0.15, 0.2) is 72.8 Å². The summed E-state index contributed by atoms with van der Waals surface area (Å²) in [6.45, 7) is 0. The van der Waals surface area contributed by atoms with Gasteiger partial charge in [-0.15, -0.1) is 0 Å². The smallest absolute Gasteiger partial charge is 0.336 e. The lowest BCUT2D eigenvalue weighted by Gasteiger charge is -2.14. The van der Waals surface area contributed by atoms with Crippen molar-refractivity contribution in [2.75, 3.05) is 0 Å². The van der Waals surface area contributed by atoms with E-state index in [1.807, 2.05) is 66.7 Å². The van der Waals surface area contributed by atoms with Crippen molar-refractivity contribution in [3.8, 4) is 33.6 Å². The Hall–Kier alpha value is -3.40. The number of hydrogen-bond donors (Lipinski definition) is 2. The number of nitrogens with zero attached hydrogens (tertiary/aromatic N) is 1. The molecule has 4 nitrogen and oxygen atoms in total. The second-order valence-corrected chi connectivity index (χ2v) is 5.52. The van der Waals surface area contributed by atoms with Crippen LogP contribution in [0.3, 0.4) is 0 Å². The minimum Gasteiger partial charge on any atom is -0.478 e. The molecule has 0 aromatic heterocycles. The molecule has 1 heterocycles. The first kappa shape index (κ1) is 14.2. The van der Waals surface area contributed by atoms with Crippen LogP contribution in [-0.2, 0) is 0 Å². The van der Waals surface area contributed by atoms with Gasteiger partial charge in [-0.3, -0.25) is 5.10 Å². The van der Waals surface area contributed by atoms with Gasteiger partial charge in [-0.25, -0.2) is 4.79 Å². The summed E-state index contributed by atoms with van der Waals surface area (Å²) >= 11 is 0. The van der Waals surface area contributed by atoms with Gasteiger partial charge in [-0.05, 0) is 6.07 Å². The van der Waals surface area contributed by atoms with Gasteiger partial charge in [-0.2, -0.15) is 5.10 Å². The van der Waals surface area contributed by atoms with E-state index in [1.165, 1.54) is 0 Å². The summed E-state index contributed by atoms with van der Waals surface area (Å²) in [6, 6.07) is 22.9. The number of carboxylic acid groups (broad SMARTS) is 1. The summed E-state index contributed by atoms with van der Waals surface area (Å²) in [5, 5.41) is 17.1.